The van der Waals surface area contributed by atoms with Gasteiger partial charge in [-0.15, -0.1) is 0 Å². The van der Waals surface area contributed by atoms with Crippen LogP contribution in [0.3, 0.4) is 0 Å². The molecule has 2 aromatic carbocycles. The number of carbonyl (C=O) groups is 2. The molecule has 160 valence electrons. The largest absolute Gasteiger partial charge is 0.472 e. The molecular weight excluding hydrogens is 426 g/mol. The molecule has 0 saturated carbocycles. The zero-order valence-electron chi connectivity index (χ0n) is 17.0. The summed E-state index contributed by atoms with van der Waals surface area (Å²) >= 11 is 1.42. The molecule has 0 unspecified atom stereocenters. The molecule has 1 saturated heterocycles. The molecule has 3 aromatic rings. The molecule has 0 spiro atoms. The third-order valence-electron chi connectivity index (χ3n) is 4.70. The monoisotopic (exact) mass is 445 g/mol. The van der Waals surface area contributed by atoms with E-state index in [9.17, 15) is 9.59 Å². The van der Waals surface area contributed by atoms with Crippen molar-refractivity contribution in [3.63, 3.8) is 0 Å². The van der Waals surface area contributed by atoms with E-state index >= 15 is 0 Å². The lowest BCUT2D eigenvalue weighted by Gasteiger charge is -2.27. The molecule has 0 bridgehead atoms. The average molecular weight is 446 g/mol. The maximum absolute atomic E-state index is 11.8. The highest BCUT2D eigenvalue weighted by Gasteiger charge is 2.21. The molecule has 4 rings (SSSR count). The van der Waals surface area contributed by atoms with Crippen molar-refractivity contribution in [1.29, 1.82) is 5.26 Å². The number of nitriles is 1. The second-order valence-electron chi connectivity index (χ2n) is 7.00. The van der Waals surface area contributed by atoms with Crippen molar-refractivity contribution in [1.82, 2.24) is 15.3 Å². The number of hydrogen-bond acceptors (Lipinski definition) is 8. The number of ether oxygens (including phenoxy) is 1. The normalized spacial score (nSPS) is 13.2. The van der Waals surface area contributed by atoms with Gasteiger partial charge in [-0.25, -0.2) is 4.98 Å². The molecule has 32 heavy (non-hydrogen) atoms. The molecule has 9 heteroatoms. The standard InChI is InChI=1S/C23H19N5O3S/c24-11-16-4-6-19(7-5-16)32-20-12-26-23(28-9-8-25-21(30)13-28)27-22(20)31-15-18-3-1-2-17(10-18)14-29/h1-7,10,12,14H,8-9,13,15H2,(H,25,30). The highest BCUT2D eigenvalue weighted by molar-refractivity contribution is 7.99. The summed E-state index contributed by atoms with van der Waals surface area (Å²) in [6, 6.07) is 16.5. The molecule has 0 radical (unpaired) electrons. The quantitative estimate of drug-likeness (QED) is 0.553. The van der Waals surface area contributed by atoms with Crippen LogP contribution in [-0.4, -0.2) is 41.8 Å². The van der Waals surface area contributed by atoms with E-state index in [-0.39, 0.29) is 19.1 Å². The van der Waals surface area contributed by atoms with Gasteiger partial charge in [0, 0.05) is 23.5 Å². The van der Waals surface area contributed by atoms with E-state index in [1.807, 2.05) is 18.2 Å². The number of carbonyl (C=O) groups excluding carboxylic acids is 2. The average Bonchev–Trinajstić information content (AvgIpc) is 2.84. The van der Waals surface area contributed by atoms with E-state index in [0.29, 0.717) is 40.9 Å². The minimum absolute atomic E-state index is 0.0796. The van der Waals surface area contributed by atoms with Crippen LogP contribution in [0.1, 0.15) is 21.5 Å². The lowest BCUT2D eigenvalue weighted by Crippen LogP contribution is -2.48. The Morgan fingerprint density at radius 2 is 2.09 bits per heavy atom. The van der Waals surface area contributed by atoms with E-state index in [4.69, 9.17) is 10.00 Å². The summed E-state index contributed by atoms with van der Waals surface area (Å²) in [5, 5.41) is 11.8. The maximum Gasteiger partial charge on any atom is 0.239 e. The first-order valence-electron chi connectivity index (χ1n) is 9.88. The van der Waals surface area contributed by atoms with E-state index < -0.39 is 0 Å². The van der Waals surface area contributed by atoms with Crippen molar-refractivity contribution in [3.8, 4) is 11.9 Å². The third-order valence-corrected chi connectivity index (χ3v) is 5.71. The summed E-state index contributed by atoms with van der Waals surface area (Å²) in [5.41, 5.74) is 1.98. The molecule has 0 atom stereocenters. The van der Waals surface area contributed by atoms with E-state index in [1.165, 1.54) is 11.8 Å². The molecule has 1 aliphatic heterocycles. The van der Waals surface area contributed by atoms with Gasteiger partial charge in [0.15, 0.2) is 0 Å². The molecule has 2 heterocycles. The fourth-order valence-corrected chi connectivity index (χ4v) is 3.94. The predicted octanol–water partition coefficient (Wildman–Crippen LogP) is 2.83. The van der Waals surface area contributed by atoms with Gasteiger partial charge < -0.3 is 15.0 Å². The number of aromatic nitrogens is 2. The SMILES string of the molecule is N#Cc1ccc(Sc2cnc(N3CCNC(=O)C3)nc2OCc2cccc(C=O)c2)cc1. The lowest BCUT2D eigenvalue weighted by molar-refractivity contribution is -0.120. The van der Waals surface area contributed by atoms with E-state index in [0.717, 1.165) is 16.7 Å². The smallest absolute Gasteiger partial charge is 0.239 e. The number of piperazine rings is 1. The summed E-state index contributed by atoms with van der Waals surface area (Å²) in [6.07, 6.45) is 2.47. The zero-order valence-corrected chi connectivity index (χ0v) is 17.8. The van der Waals surface area contributed by atoms with Gasteiger partial charge in [0.05, 0.1) is 29.3 Å². The Bertz CT molecular complexity index is 1180. The van der Waals surface area contributed by atoms with Crippen LogP contribution >= 0.6 is 11.8 Å². The van der Waals surface area contributed by atoms with Crippen molar-refractivity contribution in [2.45, 2.75) is 16.4 Å². The number of nitrogens with zero attached hydrogens (tertiary/aromatic N) is 4. The molecule has 1 aliphatic rings. The van der Waals surface area contributed by atoms with Crippen molar-refractivity contribution in [3.05, 3.63) is 71.4 Å². The molecule has 8 nitrogen and oxygen atoms in total. The molecule has 1 N–H and O–H groups in total. The number of hydrogen-bond donors (Lipinski definition) is 1. The first-order valence-corrected chi connectivity index (χ1v) is 10.7. The van der Waals surface area contributed by atoms with Crippen molar-refractivity contribution < 1.29 is 14.3 Å². The predicted molar refractivity (Wildman–Crippen MR) is 119 cm³/mol. The van der Waals surface area contributed by atoms with Crippen LogP contribution in [-0.2, 0) is 11.4 Å². The minimum Gasteiger partial charge on any atom is -0.472 e. The van der Waals surface area contributed by atoms with Crippen LogP contribution in [0.4, 0.5) is 5.95 Å². The highest BCUT2D eigenvalue weighted by Crippen LogP contribution is 2.35. The summed E-state index contributed by atoms with van der Waals surface area (Å²) < 4.78 is 6.03. The van der Waals surface area contributed by atoms with Gasteiger partial charge >= 0.3 is 0 Å². The van der Waals surface area contributed by atoms with E-state index in [2.05, 4.69) is 21.4 Å². The van der Waals surface area contributed by atoms with Gasteiger partial charge in [-0.2, -0.15) is 10.2 Å². The fourth-order valence-electron chi connectivity index (χ4n) is 3.11. The summed E-state index contributed by atoms with van der Waals surface area (Å²) in [5.74, 6) is 0.719. The van der Waals surface area contributed by atoms with Gasteiger partial charge in [0.25, 0.3) is 0 Å². The second kappa shape index (κ2) is 9.94. The topological polar surface area (TPSA) is 108 Å². The molecular formula is C23H19N5O3S. The van der Waals surface area contributed by atoms with Crippen LogP contribution in [0, 0.1) is 11.3 Å². The Morgan fingerprint density at radius 1 is 1.25 bits per heavy atom. The van der Waals surface area contributed by atoms with Gasteiger partial charge in [-0.05, 0) is 35.9 Å². The molecule has 1 aromatic heterocycles. The number of aldehydes is 1. The fraction of sp³-hybridized carbons (Fsp3) is 0.174. The number of nitrogens with one attached hydrogen (secondary N) is 1. The minimum atomic E-state index is -0.0796. The van der Waals surface area contributed by atoms with E-state index in [1.54, 1.807) is 41.4 Å². The molecule has 1 fully saturated rings. The Morgan fingerprint density at radius 3 is 2.84 bits per heavy atom. The zero-order chi connectivity index (χ0) is 22.3. The Kier molecular flexibility index (Phi) is 6.63. The Labute approximate surface area is 189 Å². The van der Waals surface area contributed by atoms with Crippen LogP contribution in [0.15, 0.2) is 64.5 Å². The Hall–Kier alpha value is -3.90. The van der Waals surface area contributed by atoms with Crippen LogP contribution in [0.2, 0.25) is 0 Å². The maximum atomic E-state index is 11.8. The summed E-state index contributed by atoms with van der Waals surface area (Å²) in [4.78, 5) is 35.3. The number of rotatable bonds is 7. The van der Waals surface area contributed by atoms with Crippen LogP contribution in [0.5, 0.6) is 5.88 Å². The van der Waals surface area contributed by atoms with Crippen LogP contribution in [0.25, 0.3) is 0 Å². The van der Waals surface area contributed by atoms with Crippen molar-refractivity contribution in [2.75, 3.05) is 24.5 Å². The number of amides is 1. The van der Waals surface area contributed by atoms with Crippen LogP contribution < -0.4 is 15.0 Å². The number of benzene rings is 2. The van der Waals surface area contributed by atoms with Crippen molar-refractivity contribution >= 4 is 29.9 Å². The highest BCUT2D eigenvalue weighted by atomic mass is 32.2. The Balaban J connectivity index is 1.60. The van der Waals surface area contributed by atoms with Gasteiger partial charge in [-0.1, -0.05) is 30.0 Å². The summed E-state index contributed by atoms with van der Waals surface area (Å²) in [7, 11) is 0. The third kappa shape index (κ3) is 5.22. The first-order chi connectivity index (χ1) is 15.6. The van der Waals surface area contributed by atoms with Crippen molar-refractivity contribution in [2.24, 2.45) is 0 Å². The second-order valence-corrected chi connectivity index (χ2v) is 8.12. The van der Waals surface area contributed by atoms with Gasteiger partial charge in [-0.3, -0.25) is 9.59 Å². The first kappa shape index (κ1) is 21.3. The number of anilines is 1. The van der Waals surface area contributed by atoms with Gasteiger partial charge in [0.1, 0.15) is 12.9 Å². The molecule has 0 aliphatic carbocycles. The summed E-state index contributed by atoms with van der Waals surface area (Å²) in [6.45, 7) is 1.54. The molecule has 1 amide bonds. The van der Waals surface area contributed by atoms with Gasteiger partial charge in [0.2, 0.25) is 17.7 Å². The lowest BCUT2D eigenvalue weighted by atomic mass is 10.1.